The molecule has 0 saturated heterocycles. The molecule has 0 aromatic carbocycles. The zero-order valence-corrected chi connectivity index (χ0v) is 8.98. The number of fused-ring (bicyclic) bond motifs is 1. The standard InChI is InChI=1S/C8H7N3O4S/c1-16(13,14)15-8-6-5(12)2-3-9-7(6)10-4-11-8/h2-4H,1H3,(H,9,10,11,12). The van der Waals surface area contributed by atoms with Gasteiger partial charge < -0.3 is 9.17 Å². The number of aromatic nitrogens is 3. The largest absolute Gasteiger partial charge is 0.361 e. The molecule has 0 aliphatic carbocycles. The summed E-state index contributed by atoms with van der Waals surface area (Å²) in [6.07, 6.45) is 3.39. The molecule has 16 heavy (non-hydrogen) atoms. The summed E-state index contributed by atoms with van der Waals surface area (Å²) in [5, 5.41) is 0.00965. The predicted molar refractivity (Wildman–Crippen MR) is 55.6 cm³/mol. The first-order valence-corrected chi connectivity index (χ1v) is 6.01. The second-order valence-corrected chi connectivity index (χ2v) is 4.61. The first-order valence-electron chi connectivity index (χ1n) is 4.19. The fourth-order valence-electron chi connectivity index (χ4n) is 1.19. The van der Waals surface area contributed by atoms with Crippen molar-refractivity contribution in [3.63, 3.8) is 0 Å². The monoisotopic (exact) mass is 241 g/mol. The summed E-state index contributed by atoms with van der Waals surface area (Å²) in [5.41, 5.74) is -0.186. The van der Waals surface area contributed by atoms with Gasteiger partial charge in [-0.3, -0.25) is 4.79 Å². The molecule has 0 amide bonds. The van der Waals surface area contributed by atoms with Gasteiger partial charge in [-0.25, -0.2) is 4.98 Å². The van der Waals surface area contributed by atoms with E-state index >= 15 is 0 Å². The molecule has 7 nitrogen and oxygen atoms in total. The van der Waals surface area contributed by atoms with E-state index in [9.17, 15) is 13.2 Å². The Morgan fingerprint density at radius 1 is 1.38 bits per heavy atom. The lowest BCUT2D eigenvalue weighted by molar-refractivity contribution is 0.485. The van der Waals surface area contributed by atoms with Crippen LogP contribution >= 0.6 is 0 Å². The van der Waals surface area contributed by atoms with E-state index in [2.05, 4.69) is 19.1 Å². The molecule has 0 saturated carbocycles. The van der Waals surface area contributed by atoms with Gasteiger partial charge in [-0.1, -0.05) is 0 Å². The Morgan fingerprint density at radius 3 is 2.81 bits per heavy atom. The van der Waals surface area contributed by atoms with Gasteiger partial charge in [0.1, 0.15) is 17.4 Å². The molecule has 1 N–H and O–H groups in total. The van der Waals surface area contributed by atoms with Crippen molar-refractivity contribution in [3.05, 3.63) is 28.8 Å². The van der Waals surface area contributed by atoms with Crippen LogP contribution in [0.3, 0.4) is 0 Å². The summed E-state index contributed by atoms with van der Waals surface area (Å²) < 4.78 is 26.5. The quantitative estimate of drug-likeness (QED) is 0.721. The maximum Gasteiger partial charge on any atom is 0.307 e. The van der Waals surface area contributed by atoms with Crippen LogP contribution in [0.4, 0.5) is 0 Å². The average Bonchev–Trinajstić information content (AvgIpc) is 2.15. The molecule has 0 radical (unpaired) electrons. The van der Waals surface area contributed by atoms with E-state index in [1.54, 1.807) is 0 Å². The number of rotatable bonds is 2. The average molecular weight is 241 g/mol. The summed E-state index contributed by atoms with van der Waals surface area (Å²) in [5.74, 6) is -0.269. The van der Waals surface area contributed by atoms with Gasteiger partial charge in [-0.2, -0.15) is 13.4 Å². The van der Waals surface area contributed by atoms with Crippen molar-refractivity contribution in [3.8, 4) is 5.88 Å². The lowest BCUT2D eigenvalue weighted by atomic mass is 10.3. The highest BCUT2D eigenvalue weighted by atomic mass is 32.2. The van der Waals surface area contributed by atoms with Crippen LogP contribution in [0.2, 0.25) is 0 Å². The van der Waals surface area contributed by atoms with Crippen molar-refractivity contribution in [1.82, 2.24) is 15.0 Å². The molecule has 0 atom stereocenters. The Morgan fingerprint density at radius 2 is 2.12 bits per heavy atom. The minimum absolute atomic E-state index is 0.00965. The maximum absolute atomic E-state index is 11.5. The molecule has 0 aliphatic heterocycles. The molecule has 0 spiro atoms. The first-order chi connectivity index (χ1) is 7.47. The highest BCUT2D eigenvalue weighted by molar-refractivity contribution is 7.86. The lowest BCUT2D eigenvalue weighted by Gasteiger charge is -2.03. The third-order valence-electron chi connectivity index (χ3n) is 1.74. The molecular formula is C8H7N3O4S. The zero-order chi connectivity index (χ0) is 11.8. The highest BCUT2D eigenvalue weighted by Gasteiger charge is 2.13. The van der Waals surface area contributed by atoms with Gasteiger partial charge in [-0.05, 0) is 0 Å². The van der Waals surface area contributed by atoms with Crippen LogP contribution in [-0.4, -0.2) is 29.6 Å². The van der Waals surface area contributed by atoms with Crippen molar-refractivity contribution in [2.24, 2.45) is 0 Å². The van der Waals surface area contributed by atoms with Crippen molar-refractivity contribution in [2.45, 2.75) is 0 Å². The molecule has 0 unspecified atom stereocenters. The Labute approximate surface area is 90.2 Å². The van der Waals surface area contributed by atoms with Crippen LogP contribution in [-0.2, 0) is 10.1 Å². The van der Waals surface area contributed by atoms with E-state index < -0.39 is 15.5 Å². The van der Waals surface area contributed by atoms with Gasteiger partial charge in [0.15, 0.2) is 5.43 Å². The minimum Gasteiger partial charge on any atom is -0.361 e. The predicted octanol–water partition coefficient (Wildman–Crippen LogP) is -0.344. The van der Waals surface area contributed by atoms with Crippen molar-refractivity contribution in [2.75, 3.05) is 6.26 Å². The highest BCUT2D eigenvalue weighted by Crippen LogP contribution is 2.16. The third-order valence-corrected chi connectivity index (χ3v) is 2.20. The normalized spacial score (nSPS) is 11.6. The maximum atomic E-state index is 11.5. The van der Waals surface area contributed by atoms with E-state index in [1.165, 1.54) is 12.3 Å². The van der Waals surface area contributed by atoms with Gasteiger partial charge in [-0.15, -0.1) is 0 Å². The number of nitrogens with one attached hydrogen (secondary N) is 1. The molecule has 8 heteroatoms. The number of aromatic amines is 1. The van der Waals surface area contributed by atoms with E-state index in [-0.39, 0.29) is 16.9 Å². The lowest BCUT2D eigenvalue weighted by Crippen LogP contribution is -2.11. The van der Waals surface area contributed by atoms with Crippen molar-refractivity contribution < 1.29 is 12.6 Å². The number of nitrogens with zero attached hydrogens (tertiary/aromatic N) is 2. The molecule has 2 aromatic heterocycles. The summed E-state index contributed by atoms with van der Waals surface area (Å²) in [4.78, 5) is 21.6. The molecule has 2 aromatic rings. The topological polar surface area (TPSA) is 102 Å². The van der Waals surface area contributed by atoms with Crippen LogP contribution < -0.4 is 9.61 Å². The van der Waals surface area contributed by atoms with Crippen LogP contribution in [0.25, 0.3) is 11.0 Å². The van der Waals surface area contributed by atoms with Gasteiger partial charge in [0.2, 0.25) is 5.88 Å². The molecule has 2 heterocycles. The molecule has 0 bridgehead atoms. The number of pyridine rings is 1. The van der Waals surface area contributed by atoms with E-state index in [4.69, 9.17) is 0 Å². The number of H-pyrrole nitrogens is 1. The Hall–Kier alpha value is -1.96. The Balaban J connectivity index is 2.76. The number of hydrogen-bond acceptors (Lipinski definition) is 6. The van der Waals surface area contributed by atoms with Crippen molar-refractivity contribution >= 4 is 21.2 Å². The molecule has 0 aliphatic rings. The SMILES string of the molecule is CS(=O)(=O)Oc1ncnc2[nH]ccc(=O)c12. The van der Waals surface area contributed by atoms with Crippen LogP contribution in [0.5, 0.6) is 5.88 Å². The molecular weight excluding hydrogens is 234 g/mol. The van der Waals surface area contributed by atoms with Crippen LogP contribution in [0.1, 0.15) is 0 Å². The second-order valence-electron chi connectivity index (χ2n) is 3.03. The van der Waals surface area contributed by atoms with E-state index in [0.717, 1.165) is 12.6 Å². The van der Waals surface area contributed by atoms with E-state index in [0.29, 0.717) is 0 Å². The molecule has 84 valence electrons. The smallest absolute Gasteiger partial charge is 0.307 e. The zero-order valence-electron chi connectivity index (χ0n) is 8.17. The summed E-state index contributed by atoms with van der Waals surface area (Å²) >= 11 is 0. The minimum atomic E-state index is -3.73. The number of hydrogen-bond donors (Lipinski definition) is 1. The Bertz CT molecular complexity index is 686. The molecule has 0 fully saturated rings. The van der Waals surface area contributed by atoms with Gasteiger partial charge in [0.05, 0.1) is 6.26 Å². The Kier molecular flexibility index (Phi) is 2.35. The van der Waals surface area contributed by atoms with Crippen molar-refractivity contribution in [1.29, 1.82) is 0 Å². The fraction of sp³-hybridized carbons (Fsp3) is 0.125. The van der Waals surface area contributed by atoms with Crippen LogP contribution in [0.15, 0.2) is 23.4 Å². The van der Waals surface area contributed by atoms with Gasteiger partial charge in [0, 0.05) is 12.3 Å². The molecule has 2 rings (SSSR count). The summed E-state index contributed by atoms with van der Waals surface area (Å²) in [6, 6.07) is 1.24. The summed E-state index contributed by atoms with van der Waals surface area (Å²) in [7, 11) is -3.73. The second kappa shape index (κ2) is 3.56. The van der Waals surface area contributed by atoms with E-state index in [1.807, 2.05) is 0 Å². The van der Waals surface area contributed by atoms with Gasteiger partial charge in [0.25, 0.3) is 0 Å². The first kappa shape index (κ1) is 10.6. The van der Waals surface area contributed by atoms with Gasteiger partial charge >= 0.3 is 10.1 Å². The van der Waals surface area contributed by atoms with Crippen LogP contribution in [0, 0.1) is 0 Å². The fourth-order valence-corrected chi connectivity index (χ4v) is 1.60. The third kappa shape index (κ3) is 2.01. The summed E-state index contributed by atoms with van der Waals surface area (Å²) in [6.45, 7) is 0.